The molecule has 6 nitrogen and oxygen atoms in total. The number of nitrogen functional groups attached to an aromatic ring is 1. The van der Waals surface area contributed by atoms with Crippen molar-refractivity contribution < 1.29 is 4.79 Å². The molecule has 1 aliphatic carbocycles. The number of nitrogens with one attached hydrogen (secondary N) is 2. The van der Waals surface area contributed by atoms with Crippen molar-refractivity contribution in [1.82, 2.24) is 9.97 Å². The maximum absolute atomic E-state index is 12.1. The maximum atomic E-state index is 12.1. The number of hydrogen-bond acceptors (Lipinski definition) is 4. The first-order valence-electron chi connectivity index (χ1n) is 7.68. The van der Waals surface area contributed by atoms with Gasteiger partial charge < -0.3 is 16.0 Å². The number of nitrogens with zero attached hydrogens (tertiary/aromatic N) is 2. The first kappa shape index (κ1) is 14.3. The van der Waals surface area contributed by atoms with E-state index < -0.39 is 0 Å². The molecule has 0 spiro atoms. The summed E-state index contributed by atoms with van der Waals surface area (Å²) in [6.45, 7) is 0. The molecular formula is C18H15N5O. The Balaban J connectivity index is 1.67. The SMILES string of the molecule is N#C[C@H]1C[C@@H]1C(=O)Nc1cc2cc(-c3cc[nH]c3)cc(N)c2cn1. The number of carbonyl (C=O) groups is 1. The summed E-state index contributed by atoms with van der Waals surface area (Å²) in [7, 11) is 0. The highest BCUT2D eigenvalue weighted by Crippen LogP contribution is 2.38. The highest BCUT2D eigenvalue weighted by molar-refractivity contribution is 6.00. The van der Waals surface area contributed by atoms with Gasteiger partial charge in [0.15, 0.2) is 0 Å². The molecule has 1 aromatic carbocycles. The van der Waals surface area contributed by atoms with Gasteiger partial charge in [0.05, 0.1) is 17.9 Å². The van der Waals surface area contributed by atoms with E-state index in [9.17, 15) is 4.79 Å². The van der Waals surface area contributed by atoms with Crippen molar-refractivity contribution in [2.75, 3.05) is 11.1 Å². The third-order valence-electron chi connectivity index (χ3n) is 4.34. The molecule has 0 unspecified atom stereocenters. The van der Waals surface area contributed by atoms with E-state index in [0.29, 0.717) is 17.9 Å². The Hall–Kier alpha value is -3.33. The zero-order chi connectivity index (χ0) is 16.7. The highest BCUT2D eigenvalue weighted by atomic mass is 16.2. The molecular weight excluding hydrogens is 302 g/mol. The second-order valence-electron chi connectivity index (χ2n) is 6.02. The number of nitriles is 1. The van der Waals surface area contributed by atoms with Gasteiger partial charge in [-0.15, -0.1) is 0 Å². The van der Waals surface area contributed by atoms with Gasteiger partial charge in [-0.3, -0.25) is 4.79 Å². The van der Waals surface area contributed by atoms with Crippen molar-refractivity contribution in [3.8, 4) is 17.2 Å². The Morgan fingerprint density at radius 2 is 2.25 bits per heavy atom. The zero-order valence-electron chi connectivity index (χ0n) is 12.8. The quantitative estimate of drug-likeness (QED) is 0.645. The van der Waals surface area contributed by atoms with Gasteiger partial charge in [0.25, 0.3) is 0 Å². The maximum Gasteiger partial charge on any atom is 0.230 e. The zero-order valence-corrected chi connectivity index (χ0v) is 12.8. The minimum absolute atomic E-state index is 0.150. The van der Waals surface area contributed by atoms with Crippen molar-refractivity contribution >= 4 is 28.2 Å². The first-order valence-corrected chi connectivity index (χ1v) is 7.68. The number of benzene rings is 1. The van der Waals surface area contributed by atoms with E-state index in [0.717, 1.165) is 21.9 Å². The molecule has 0 aliphatic heterocycles. The van der Waals surface area contributed by atoms with E-state index in [4.69, 9.17) is 11.0 Å². The van der Waals surface area contributed by atoms with Crippen LogP contribution in [-0.4, -0.2) is 15.9 Å². The van der Waals surface area contributed by atoms with E-state index in [-0.39, 0.29) is 17.7 Å². The number of hydrogen-bond donors (Lipinski definition) is 3. The molecule has 6 heteroatoms. The van der Waals surface area contributed by atoms with Crippen LogP contribution in [0.4, 0.5) is 11.5 Å². The summed E-state index contributed by atoms with van der Waals surface area (Å²) < 4.78 is 0. The molecule has 4 rings (SSSR count). The van der Waals surface area contributed by atoms with Crippen LogP contribution in [0.3, 0.4) is 0 Å². The van der Waals surface area contributed by atoms with Gasteiger partial charge in [0.2, 0.25) is 5.91 Å². The molecule has 1 aliphatic rings. The molecule has 0 bridgehead atoms. The molecule has 4 N–H and O–H groups in total. The van der Waals surface area contributed by atoms with E-state index in [2.05, 4.69) is 21.4 Å². The molecule has 2 aromatic heterocycles. The van der Waals surface area contributed by atoms with Crippen molar-refractivity contribution in [2.24, 2.45) is 11.8 Å². The van der Waals surface area contributed by atoms with Crippen LogP contribution in [0, 0.1) is 23.2 Å². The Kier molecular flexibility index (Phi) is 3.21. The second-order valence-corrected chi connectivity index (χ2v) is 6.02. The molecule has 0 saturated heterocycles. The third-order valence-corrected chi connectivity index (χ3v) is 4.34. The number of rotatable bonds is 3. The number of H-pyrrole nitrogens is 1. The summed E-state index contributed by atoms with van der Waals surface area (Å²) in [5, 5.41) is 13.4. The smallest absolute Gasteiger partial charge is 0.230 e. The number of pyridine rings is 1. The van der Waals surface area contributed by atoms with E-state index in [1.54, 1.807) is 6.20 Å². The van der Waals surface area contributed by atoms with E-state index in [1.165, 1.54) is 0 Å². The molecule has 3 aromatic rings. The van der Waals surface area contributed by atoms with Crippen LogP contribution in [0.2, 0.25) is 0 Å². The lowest BCUT2D eigenvalue weighted by molar-refractivity contribution is -0.117. The fraction of sp³-hybridized carbons (Fsp3) is 0.167. The summed E-state index contributed by atoms with van der Waals surface area (Å²) in [5.41, 5.74) is 8.81. The molecule has 2 atom stereocenters. The van der Waals surface area contributed by atoms with Gasteiger partial charge in [-0.2, -0.15) is 5.26 Å². The first-order chi connectivity index (χ1) is 11.7. The number of carbonyl (C=O) groups excluding carboxylic acids is 1. The van der Waals surface area contributed by atoms with Gasteiger partial charge in [0.1, 0.15) is 5.82 Å². The summed E-state index contributed by atoms with van der Waals surface area (Å²) in [6, 6.07) is 9.82. The van der Waals surface area contributed by atoms with Gasteiger partial charge in [0, 0.05) is 29.7 Å². The standard InChI is InChI=1S/C18H15N5O/c19-7-13-4-14(13)18(24)23-17-6-12-3-11(10-1-2-21-8-10)5-16(20)15(12)9-22-17/h1-3,5-6,8-9,13-14,21H,4,20H2,(H,22,23,24)/t13-,14+/m1/s1. The van der Waals surface area contributed by atoms with Crippen molar-refractivity contribution in [3.05, 3.63) is 42.9 Å². The minimum atomic E-state index is -0.219. The summed E-state index contributed by atoms with van der Waals surface area (Å²) in [5.74, 6) is -0.0603. The largest absolute Gasteiger partial charge is 0.398 e. The van der Waals surface area contributed by atoms with Gasteiger partial charge >= 0.3 is 0 Å². The molecule has 1 saturated carbocycles. The summed E-state index contributed by atoms with van der Waals surface area (Å²) >= 11 is 0. The molecule has 118 valence electrons. The molecule has 1 amide bonds. The van der Waals surface area contributed by atoms with Crippen molar-refractivity contribution in [3.63, 3.8) is 0 Å². The second kappa shape index (κ2) is 5.39. The lowest BCUT2D eigenvalue weighted by Crippen LogP contribution is -2.15. The van der Waals surface area contributed by atoms with Crippen LogP contribution < -0.4 is 11.1 Å². The Labute approximate surface area is 138 Å². The predicted molar refractivity (Wildman–Crippen MR) is 91.8 cm³/mol. The monoisotopic (exact) mass is 317 g/mol. The van der Waals surface area contributed by atoms with Gasteiger partial charge in [-0.1, -0.05) is 0 Å². The summed E-state index contributed by atoms with van der Waals surface area (Å²) in [6.07, 6.45) is 6.05. The number of amides is 1. The van der Waals surface area contributed by atoms with Gasteiger partial charge in [-0.25, -0.2) is 4.98 Å². The van der Waals surface area contributed by atoms with Gasteiger partial charge in [-0.05, 0) is 47.2 Å². The van der Waals surface area contributed by atoms with Crippen molar-refractivity contribution in [1.29, 1.82) is 5.26 Å². The van der Waals surface area contributed by atoms with E-state index >= 15 is 0 Å². The normalized spacial score (nSPS) is 19.0. The average molecular weight is 317 g/mol. The van der Waals surface area contributed by atoms with Crippen LogP contribution in [0.25, 0.3) is 21.9 Å². The fourth-order valence-electron chi connectivity index (χ4n) is 2.87. The van der Waals surface area contributed by atoms with Crippen LogP contribution in [0.1, 0.15) is 6.42 Å². The number of anilines is 2. The summed E-state index contributed by atoms with van der Waals surface area (Å²) in [4.78, 5) is 19.4. The van der Waals surface area contributed by atoms with E-state index in [1.807, 2.05) is 36.7 Å². The predicted octanol–water partition coefficient (Wildman–Crippen LogP) is 2.91. The van der Waals surface area contributed by atoms with Crippen LogP contribution >= 0.6 is 0 Å². The lowest BCUT2D eigenvalue weighted by Gasteiger charge is -2.09. The third kappa shape index (κ3) is 2.46. The molecule has 2 heterocycles. The lowest BCUT2D eigenvalue weighted by atomic mass is 10.0. The van der Waals surface area contributed by atoms with Crippen molar-refractivity contribution in [2.45, 2.75) is 6.42 Å². The number of nitrogens with two attached hydrogens (primary N) is 1. The Bertz CT molecular complexity index is 971. The highest BCUT2D eigenvalue weighted by Gasteiger charge is 2.43. The average Bonchev–Trinajstić information content (AvgIpc) is 3.17. The number of aromatic nitrogens is 2. The Morgan fingerprint density at radius 3 is 2.96 bits per heavy atom. The number of aromatic amines is 1. The minimum Gasteiger partial charge on any atom is -0.398 e. The topological polar surface area (TPSA) is 108 Å². The molecule has 24 heavy (non-hydrogen) atoms. The van der Waals surface area contributed by atoms with Crippen LogP contribution in [0.15, 0.2) is 42.9 Å². The van der Waals surface area contributed by atoms with Crippen LogP contribution in [-0.2, 0) is 4.79 Å². The molecule has 1 fully saturated rings. The number of fused-ring (bicyclic) bond motifs is 1. The Morgan fingerprint density at radius 1 is 1.38 bits per heavy atom. The fourth-order valence-corrected chi connectivity index (χ4v) is 2.87. The van der Waals surface area contributed by atoms with Crippen LogP contribution in [0.5, 0.6) is 0 Å². The molecule has 0 radical (unpaired) electrons.